The zero-order valence-electron chi connectivity index (χ0n) is 15.0. The summed E-state index contributed by atoms with van der Waals surface area (Å²) in [6.07, 6.45) is 0. The average molecular weight is 378 g/mol. The lowest BCUT2D eigenvalue weighted by molar-refractivity contribution is 0.340. The van der Waals surface area contributed by atoms with Crippen molar-refractivity contribution < 1.29 is 9.47 Å². The summed E-state index contributed by atoms with van der Waals surface area (Å²) in [5, 5.41) is 16.1. The van der Waals surface area contributed by atoms with E-state index in [1.54, 1.807) is 7.11 Å². The molecule has 6 nitrogen and oxygen atoms in total. The van der Waals surface area contributed by atoms with E-state index in [0.29, 0.717) is 23.1 Å². The molecule has 1 heterocycles. The van der Waals surface area contributed by atoms with Gasteiger partial charge >= 0.3 is 0 Å². The normalized spacial score (nSPS) is 10.9. The minimum absolute atomic E-state index is 0.211. The van der Waals surface area contributed by atoms with Crippen LogP contribution < -0.4 is 14.9 Å². The van der Waals surface area contributed by atoms with Gasteiger partial charge in [-0.2, -0.15) is 10.4 Å². The molecule has 0 amide bonds. The number of rotatable bonds is 7. The summed E-state index contributed by atoms with van der Waals surface area (Å²) in [6.45, 7) is 2.57. The minimum atomic E-state index is 0.211. The second-order valence-corrected chi connectivity index (χ2v) is 6.24. The van der Waals surface area contributed by atoms with Crippen LogP contribution in [0, 0.1) is 11.3 Å². The molecule has 0 aliphatic rings. The molecule has 0 fully saturated rings. The van der Waals surface area contributed by atoms with Crippen molar-refractivity contribution in [3.8, 4) is 28.8 Å². The summed E-state index contributed by atoms with van der Waals surface area (Å²) in [7, 11) is 1.58. The molecule has 0 unspecified atom stereocenters. The van der Waals surface area contributed by atoms with Crippen LogP contribution in [0.1, 0.15) is 11.9 Å². The average Bonchev–Trinajstić information content (AvgIpc) is 3.19. The molecule has 1 N–H and O–H groups in total. The fourth-order valence-electron chi connectivity index (χ4n) is 2.38. The molecule has 0 saturated carbocycles. The smallest absolute Gasteiger partial charge is 0.196 e. The molecule has 0 bridgehead atoms. The summed E-state index contributed by atoms with van der Waals surface area (Å²) >= 11 is 1.37. The molecule has 0 aliphatic heterocycles. The van der Waals surface area contributed by atoms with E-state index in [9.17, 15) is 5.26 Å². The second kappa shape index (κ2) is 8.83. The van der Waals surface area contributed by atoms with E-state index in [1.165, 1.54) is 11.3 Å². The van der Waals surface area contributed by atoms with Crippen LogP contribution in [0.4, 0.5) is 5.69 Å². The first kappa shape index (κ1) is 18.4. The Morgan fingerprint density at radius 3 is 2.70 bits per heavy atom. The molecule has 3 rings (SSSR count). The Kier molecular flexibility index (Phi) is 6.02. The highest BCUT2D eigenvalue weighted by molar-refractivity contribution is 7.12. The number of nitrogens with one attached hydrogen (secondary N) is 1. The van der Waals surface area contributed by atoms with Gasteiger partial charge in [0, 0.05) is 10.9 Å². The Balaban J connectivity index is 1.80. The Bertz CT molecular complexity index is 974. The number of hydrogen-bond donors (Lipinski definition) is 1. The van der Waals surface area contributed by atoms with E-state index in [2.05, 4.69) is 21.6 Å². The molecule has 1 aromatic heterocycles. The maximum Gasteiger partial charge on any atom is 0.196 e. The molecule has 136 valence electrons. The second-order valence-electron chi connectivity index (χ2n) is 5.38. The van der Waals surface area contributed by atoms with Crippen LogP contribution in [-0.2, 0) is 0 Å². The van der Waals surface area contributed by atoms with Gasteiger partial charge in [-0.15, -0.1) is 11.3 Å². The van der Waals surface area contributed by atoms with Crippen LogP contribution >= 0.6 is 11.3 Å². The van der Waals surface area contributed by atoms with Gasteiger partial charge in [0.05, 0.1) is 25.1 Å². The van der Waals surface area contributed by atoms with Crippen molar-refractivity contribution >= 4 is 22.7 Å². The summed E-state index contributed by atoms with van der Waals surface area (Å²) in [5.74, 6) is 1.46. The van der Waals surface area contributed by atoms with E-state index in [1.807, 2.05) is 60.8 Å². The van der Waals surface area contributed by atoms with E-state index >= 15 is 0 Å². The highest BCUT2D eigenvalue weighted by atomic mass is 32.1. The number of methoxy groups -OCH3 is 1. The Morgan fingerprint density at radius 2 is 2.00 bits per heavy atom. The van der Waals surface area contributed by atoms with Crippen molar-refractivity contribution in [3.63, 3.8) is 0 Å². The summed E-state index contributed by atoms with van der Waals surface area (Å²) < 4.78 is 10.7. The lowest BCUT2D eigenvalue weighted by Crippen LogP contribution is -2.02. The van der Waals surface area contributed by atoms with Crippen LogP contribution in [0.15, 0.2) is 59.0 Å². The SMILES string of the molecule is CCOc1ccc(-c2csc(C(C#N)=NNc3ccccc3OC)n2)cc1. The standard InChI is InChI=1S/C20H18N4O2S/c1-3-26-15-10-8-14(9-11-15)18-13-27-20(22-18)17(12-21)24-23-16-6-4-5-7-19(16)25-2/h4-11,13,23H,3H2,1-2H3. The fraction of sp³-hybridized carbons (Fsp3) is 0.150. The molecule has 0 atom stereocenters. The number of aromatic nitrogens is 1. The minimum Gasteiger partial charge on any atom is -0.495 e. The zero-order valence-corrected chi connectivity index (χ0v) is 15.8. The van der Waals surface area contributed by atoms with E-state index in [0.717, 1.165) is 17.0 Å². The summed E-state index contributed by atoms with van der Waals surface area (Å²) in [5.41, 5.74) is 5.51. The Labute approximate surface area is 161 Å². The third-order valence-electron chi connectivity index (χ3n) is 3.67. The van der Waals surface area contributed by atoms with Gasteiger partial charge in [0.15, 0.2) is 10.7 Å². The predicted molar refractivity (Wildman–Crippen MR) is 107 cm³/mol. The predicted octanol–water partition coefficient (Wildman–Crippen LogP) is 4.56. The molecule has 3 aromatic rings. The number of nitriles is 1. The van der Waals surface area contributed by atoms with Gasteiger partial charge in [0.1, 0.15) is 17.6 Å². The van der Waals surface area contributed by atoms with Crippen molar-refractivity contribution in [2.24, 2.45) is 5.10 Å². The molecule has 7 heteroatoms. The third-order valence-corrected chi connectivity index (χ3v) is 4.52. The van der Waals surface area contributed by atoms with Crippen molar-refractivity contribution in [1.29, 1.82) is 5.26 Å². The molecule has 0 spiro atoms. The fourth-order valence-corrected chi connectivity index (χ4v) is 3.14. The van der Waals surface area contributed by atoms with Gasteiger partial charge in [-0.05, 0) is 43.3 Å². The largest absolute Gasteiger partial charge is 0.495 e. The topological polar surface area (TPSA) is 79.5 Å². The number of ether oxygens (including phenoxy) is 2. The maximum absolute atomic E-state index is 9.46. The first-order valence-electron chi connectivity index (χ1n) is 8.31. The monoisotopic (exact) mass is 378 g/mol. The zero-order chi connectivity index (χ0) is 19.1. The van der Waals surface area contributed by atoms with E-state index < -0.39 is 0 Å². The number of nitrogens with zero attached hydrogens (tertiary/aromatic N) is 3. The van der Waals surface area contributed by atoms with Crippen molar-refractivity contribution in [3.05, 3.63) is 58.9 Å². The summed E-state index contributed by atoms with van der Waals surface area (Å²) in [6, 6.07) is 17.2. The molecular weight excluding hydrogens is 360 g/mol. The van der Waals surface area contributed by atoms with Crippen molar-refractivity contribution in [2.75, 3.05) is 19.1 Å². The maximum atomic E-state index is 9.46. The van der Waals surface area contributed by atoms with Crippen LogP contribution in [0.25, 0.3) is 11.3 Å². The molecule has 2 aromatic carbocycles. The third kappa shape index (κ3) is 4.43. The highest BCUT2D eigenvalue weighted by Gasteiger charge is 2.11. The number of hydrazone groups is 1. The lowest BCUT2D eigenvalue weighted by atomic mass is 10.2. The molecule has 0 saturated heterocycles. The summed E-state index contributed by atoms with van der Waals surface area (Å²) in [4.78, 5) is 4.54. The number of benzene rings is 2. The van der Waals surface area contributed by atoms with Gasteiger partial charge in [-0.3, -0.25) is 5.43 Å². The van der Waals surface area contributed by atoms with Crippen LogP contribution in [0.5, 0.6) is 11.5 Å². The van der Waals surface area contributed by atoms with E-state index in [4.69, 9.17) is 9.47 Å². The Hall–Kier alpha value is -3.37. The quantitative estimate of drug-likeness (QED) is 0.482. The first-order chi connectivity index (χ1) is 13.2. The van der Waals surface area contributed by atoms with Gasteiger partial charge < -0.3 is 9.47 Å². The number of thiazole rings is 1. The number of hydrogen-bond acceptors (Lipinski definition) is 7. The van der Waals surface area contributed by atoms with Crippen LogP contribution in [-0.4, -0.2) is 24.4 Å². The van der Waals surface area contributed by atoms with Gasteiger partial charge in [0.25, 0.3) is 0 Å². The molecule has 0 aliphatic carbocycles. The van der Waals surface area contributed by atoms with Crippen molar-refractivity contribution in [2.45, 2.75) is 6.92 Å². The van der Waals surface area contributed by atoms with Crippen molar-refractivity contribution in [1.82, 2.24) is 4.98 Å². The first-order valence-corrected chi connectivity index (χ1v) is 9.19. The highest BCUT2D eigenvalue weighted by Crippen LogP contribution is 2.26. The molecule has 0 radical (unpaired) electrons. The van der Waals surface area contributed by atoms with Gasteiger partial charge in [0.2, 0.25) is 0 Å². The van der Waals surface area contributed by atoms with Gasteiger partial charge in [-0.25, -0.2) is 4.98 Å². The molecule has 27 heavy (non-hydrogen) atoms. The molecular formula is C20H18N4O2S. The van der Waals surface area contributed by atoms with Crippen LogP contribution in [0.2, 0.25) is 0 Å². The Morgan fingerprint density at radius 1 is 1.22 bits per heavy atom. The van der Waals surface area contributed by atoms with Gasteiger partial charge in [-0.1, -0.05) is 12.1 Å². The number of para-hydroxylation sites is 2. The lowest BCUT2D eigenvalue weighted by Gasteiger charge is -2.06. The number of anilines is 1. The van der Waals surface area contributed by atoms with Crippen LogP contribution in [0.3, 0.4) is 0 Å². The van der Waals surface area contributed by atoms with E-state index in [-0.39, 0.29) is 5.71 Å².